The second kappa shape index (κ2) is 5.09. The van der Waals surface area contributed by atoms with E-state index in [1.807, 2.05) is 18.2 Å². The molecule has 0 amide bonds. The number of alkyl halides is 1. The van der Waals surface area contributed by atoms with E-state index in [1.54, 1.807) is 14.2 Å². The fourth-order valence-corrected chi connectivity index (χ4v) is 3.34. The van der Waals surface area contributed by atoms with Gasteiger partial charge in [0.2, 0.25) is 0 Å². The molecule has 0 bridgehead atoms. The van der Waals surface area contributed by atoms with Crippen molar-refractivity contribution in [1.29, 1.82) is 0 Å². The van der Waals surface area contributed by atoms with Crippen LogP contribution in [0.2, 0.25) is 0 Å². The third kappa shape index (κ3) is 2.05. The smallest absolute Gasteiger partial charge is 0.126 e. The molecule has 0 heterocycles. The Bertz CT molecular complexity index is 343. The Morgan fingerprint density at radius 2 is 1.75 bits per heavy atom. The molecule has 0 radical (unpaired) electrons. The van der Waals surface area contributed by atoms with Gasteiger partial charge in [-0.1, -0.05) is 28.4 Å². The maximum Gasteiger partial charge on any atom is 0.126 e. The van der Waals surface area contributed by atoms with Crippen LogP contribution in [0.4, 0.5) is 0 Å². The first-order chi connectivity index (χ1) is 7.77. The van der Waals surface area contributed by atoms with Gasteiger partial charge in [0.05, 0.1) is 14.2 Å². The topological polar surface area (TPSA) is 18.5 Å². The summed E-state index contributed by atoms with van der Waals surface area (Å²) in [6, 6.07) is 5.99. The summed E-state index contributed by atoms with van der Waals surface area (Å²) < 4.78 is 10.9. The lowest BCUT2D eigenvalue weighted by Gasteiger charge is -2.20. The number of hydrogen-bond donors (Lipinski definition) is 0. The van der Waals surface area contributed by atoms with Gasteiger partial charge in [-0.2, -0.15) is 0 Å². The number of halogens is 1. The molecule has 0 saturated heterocycles. The first kappa shape index (κ1) is 11.8. The van der Waals surface area contributed by atoms with Crippen molar-refractivity contribution in [3.63, 3.8) is 0 Å². The largest absolute Gasteiger partial charge is 0.496 e. The molecule has 16 heavy (non-hydrogen) atoms. The van der Waals surface area contributed by atoms with Crippen LogP contribution in [0.25, 0.3) is 0 Å². The van der Waals surface area contributed by atoms with Gasteiger partial charge >= 0.3 is 0 Å². The van der Waals surface area contributed by atoms with E-state index >= 15 is 0 Å². The Balaban J connectivity index is 2.43. The molecule has 2 unspecified atom stereocenters. The van der Waals surface area contributed by atoms with Gasteiger partial charge in [0.25, 0.3) is 0 Å². The van der Waals surface area contributed by atoms with E-state index in [2.05, 4.69) is 15.9 Å². The summed E-state index contributed by atoms with van der Waals surface area (Å²) in [5.74, 6) is 2.39. The summed E-state index contributed by atoms with van der Waals surface area (Å²) in [6.07, 6.45) is 3.69. The number of ether oxygens (including phenoxy) is 2. The molecule has 0 aromatic heterocycles. The molecular formula is C13H17BrO2. The molecule has 1 saturated carbocycles. The number of rotatable bonds is 3. The minimum atomic E-state index is 0.506. The first-order valence-electron chi connectivity index (χ1n) is 5.63. The maximum absolute atomic E-state index is 5.45. The maximum atomic E-state index is 5.45. The predicted octanol–water partition coefficient (Wildman–Crippen LogP) is 3.73. The van der Waals surface area contributed by atoms with Gasteiger partial charge in [-0.3, -0.25) is 0 Å². The molecular weight excluding hydrogens is 268 g/mol. The average Bonchev–Trinajstić information content (AvgIpc) is 2.74. The molecule has 1 aliphatic carbocycles. The lowest BCUT2D eigenvalue weighted by molar-refractivity contribution is 0.379. The van der Waals surface area contributed by atoms with Crippen LogP contribution in [0.3, 0.4) is 0 Å². The van der Waals surface area contributed by atoms with Gasteiger partial charge in [0.15, 0.2) is 0 Å². The van der Waals surface area contributed by atoms with Crippen LogP contribution in [0, 0.1) is 0 Å². The van der Waals surface area contributed by atoms with Crippen LogP contribution in [0.5, 0.6) is 11.5 Å². The predicted molar refractivity (Wildman–Crippen MR) is 68.9 cm³/mol. The summed E-state index contributed by atoms with van der Waals surface area (Å²) in [7, 11) is 3.44. The van der Waals surface area contributed by atoms with E-state index in [1.165, 1.54) is 24.8 Å². The van der Waals surface area contributed by atoms with Crippen molar-refractivity contribution < 1.29 is 9.47 Å². The minimum Gasteiger partial charge on any atom is -0.496 e. The van der Waals surface area contributed by atoms with E-state index in [-0.39, 0.29) is 0 Å². The molecule has 1 fully saturated rings. The monoisotopic (exact) mass is 284 g/mol. The second-order valence-corrected chi connectivity index (χ2v) is 5.31. The fourth-order valence-electron chi connectivity index (χ4n) is 2.49. The Hall–Kier alpha value is -0.700. The Labute approximate surface area is 105 Å². The van der Waals surface area contributed by atoms with Gasteiger partial charge in [-0.25, -0.2) is 0 Å². The number of hydrogen-bond acceptors (Lipinski definition) is 2. The highest BCUT2D eigenvalue weighted by atomic mass is 79.9. The van der Waals surface area contributed by atoms with Crippen molar-refractivity contribution in [2.75, 3.05) is 14.2 Å². The Kier molecular flexibility index (Phi) is 3.74. The molecule has 0 spiro atoms. The quantitative estimate of drug-likeness (QED) is 0.788. The van der Waals surface area contributed by atoms with E-state index in [0.717, 1.165) is 11.5 Å². The minimum absolute atomic E-state index is 0.506. The average molecular weight is 285 g/mol. The molecule has 2 rings (SSSR count). The molecule has 1 aromatic carbocycles. The van der Waals surface area contributed by atoms with Crippen LogP contribution in [-0.4, -0.2) is 19.0 Å². The van der Waals surface area contributed by atoms with Crippen molar-refractivity contribution in [3.8, 4) is 11.5 Å². The van der Waals surface area contributed by atoms with E-state index in [0.29, 0.717) is 10.7 Å². The summed E-state index contributed by atoms with van der Waals surface area (Å²) in [5.41, 5.74) is 1.21. The highest BCUT2D eigenvalue weighted by Crippen LogP contribution is 2.46. The van der Waals surface area contributed by atoms with Gasteiger partial charge in [-0.05, 0) is 25.0 Å². The van der Waals surface area contributed by atoms with Gasteiger partial charge in [-0.15, -0.1) is 0 Å². The Morgan fingerprint density at radius 3 is 2.19 bits per heavy atom. The van der Waals surface area contributed by atoms with Crippen molar-refractivity contribution in [2.45, 2.75) is 30.0 Å². The molecule has 1 aromatic rings. The van der Waals surface area contributed by atoms with Gasteiger partial charge < -0.3 is 9.47 Å². The lowest BCUT2D eigenvalue weighted by Crippen LogP contribution is -2.08. The third-order valence-electron chi connectivity index (χ3n) is 3.27. The summed E-state index contributed by atoms with van der Waals surface area (Å²) in [4.78, 5) is 0.540. The first-order valence-corrected chi connectivity index (χ1v) is 6.54. The standard InChI is InChI=1S/C13H17BrO2/c1-15-11-7-4-8-12(16-2)13(11)9-5-3-6-10(9)14/h4,7-10H,3,5-6H2,1-2H3. The van der Waals surface area contributed by atoms with Crippen molar-refractivity contribution in [3.05, 3.63) is 23.8 Å². The number of methoxy groups -OCH3 is 2. The number of benzene rings is 1. The molecule has 0 N–H and O–H groups in total. The normalized spacial score (nSPS) is 24.4. The molecule has 0 aliphatic heterocycles. The zero-order chi connectivity index (χ0) is 11.5. The lowest BCUT2D eigenvalue weighted by atomic mass is 9.95. The summed E-state index contributed by atoms with van der Waals surface area (Å²) in [6.45, 7) is 0. The van der Waals surface area contributed by atoms with Crippen molar-refractivity contribution in [2.24, 2.45) is 0 Å². The van der Waals surface area contributed by atoms with Gasteiger partial charge in [0.1, 0.15) is 11.5 Å². The van der Waals surface area contributed by atoms with Crippen LogP contribution in [0.1, 0.15) is 30.7 Å². The van der Waals surface area contributed by atoms with Crippen molar-refractivity contribution >= 4 is 15.9 Å². The van der Waals surface area contributed by atoms with Crippen LogP contribution < -0.4 is 9.47 Å². The third-order valence-corrected chi connectivity index (χ3v) is 4.36. The van der Waals surface area contributed by atoms with E-state index in [9.17, 15) is 0 Å². The highest BCUT2D eigenvalue weighted by Gasteiger charge is 2.31. The van der Waals surface area contributed by atoms with Crippen molar-refractivity contribution in [1.82, 2.24) is 0 Å². The second-order valence-electron chi connectivity index (χ2n) is 4.13. The van der Waals surface area contributed by atoms with E-state index in [4.69, 9.17) is 9.47 Å². The molecule has 3 heteroatoms. The molecule has 1 aliphatic rings. The molecule has 88 valence electrons. The zero-order valence-corrected chi connectivity index (χ0v) is 11.3. The van der Waals surface area contributed by atoms with Gasteiger partial charge in [0, 0.05) is 16.3 Å². The van der Waals surface area contributed by atoms with Crippen LogP contribution in [-0.2, 0) is 0 Å². The van der Waals surface area contributed by atoms with Crippen LogP contribution >= 0.6 is 15.9 Å². The zero-order valence-electron chi connectivity index (χ0n) is 9.70. The summed E-state index contributed by atoms with van der Waals surface area (Å²) >= 11 is 3.76. The molecule has 2 atom stereocenters. The molecule has 2 nitrogen and oxygen atoms in total. The fraction of sp³-hybridized carbons (Fsp3) is 0.538. The van der Waals surface area contributed by atoms with E-state index < -0.39 is 0 Å². The SMILES string of the molecule is COc1cccc(OC)c1C1CCCC1Br. The van der Waals surface area contributed by atoms with Crippen LogP contribution in [0.15, 0.2) is 18.2 Å². The Morgan fingerprint density at radius 1 is 1.12 bits per heavy atom. The summed E-state index contributed by atoms with van der Waals surface area (Å²) in [5, 5.41) is 0. The highest BCUT2D eigenvalue weighted by molar-refractivity contribution is 9.09.